The second-order valence-corrected chi connectivity index (χ2v) is 2.80. The van der Waals surface area contributed by atoms with Crippen LogP contribution in [0.1, 0.15) is 0 Å². The molecule has 1 heterocycles. The number of rotatable bonds is 0. The van der Waals surface area contributed by atoms with Gasteiger partial charge < -0.3 is 4.74 Å². The van der Waals surface area contributed by atoms with Crippen LogP contribution in [-0.4, -0.2) is 17.6 Å². The molecule has 2 atom stereocenters. The Morgan fingerprint density at radius 3 is 2.77 bits per heavy atom. The van der Waals surface area contributed by atoms with E-state index >= 15 is 0 Å². The summed E-state index contributed by atoms with van der Waals surface area (Å²) in [6, 6.07) is 0. The number of alkyl halides is 1. The second-order valence-electron chi connectivity index (χ2n) is 2.80. The summed E-state index contributed by atoms with van der Waals surface area (Å²) in [6.45, 7) is 0. The molecule has 0 amide bonds. The average molecular weight is 186 g/mol. The zero-order valence-electron chi connectivity index (χ0n) is 6.29. The van der Waals surface area contributed by atoms with Crippen molar-refractivity contribution in [2.24, 2.45) is 5.92 Å². The van der Waals surface area contributed by atoms with Crippen LogP contribution in [0.4, 0.5) is 8.78 Å². The molecule has 2 unspecified atom stereocenters. The number of carbonyl (C=O) groups is 2. The van der Waals surface area contributed by atoms with Gasteiger partial charge in [0.25, 0.3) is 5.67 Å². The van der Waals surface area contributed by atoms with Crippen molar-refractivity contribution in [3.63, 3.8) is 0 Å². The van der Waals surface area contributed by atoms with Gasteiger partial charge in [0.05, 0.1) is 0 Å². The molecule has 3 nitrogen and oxygen atoms in total. The van der Waals surface area contributed by atoms with Crippen molar-refractivity contribution in [1.82, 2.24) is 0 Å². The molecule has 1 aliphatic carbocycles. The normalized spacial score (nSPS) is 37.1. The molecular weight excluding hydrogens is 182 g/mol. The molecule has 0 spiro atoms. The Balaban J connectivity index is 2.55. The van der Waals surface area contributed by atoms with Crippen molar-refractivity contribution >= 4 is 11.9 Å². The Bertz CT molecular complexity index is 358. The van der Waals surface area contributed by atoms with Crippen LogP contribution in [-0.2, 0) is 14.3 Å². The third-order valence-corrected chi connectivity index (χ3v) is 2.07. The van der Waals surface area contributed by atoms with Gasteiger partial charge in [-0.05, 0) is 6.08 Å². The van der Waals surface area contributed by atoms with E-state index in [1.807, 2.05) is 0 Å². The second kappa shape index (κ2) is 2.25. The number of cyclic esters (lactones) is 2. The summed E-state index contributed by atoms with van der Waals surface area (Å²) in [5, 5.41) is 0. The molecular formula is C8H4F2O3. The fourth-order valence-corrected chi connectivity index (χ4v) is 1.35. The first-order valence-corrected chi connectivity index (χ1v) is 3.56. The van der Waals surface area contributed by atoms with Crippen LogP contribution in [0.2, 0.25) is 0 Å². The highest BCUT2D eigenvalue weighted by Gasteiger charge is 2.62. The van der Waals surface area contributed by atoms with Crippen molar-refractivity contribution < 1.29 is 23.1 Å². The number of hydrogen-bond donors (Lipinski definition) is 0. The molecule has 0 aromatic rings. The highest BCUT2D eigenvalue weighted by molar-refractivity contribution is 6.04. The van der Waals surface area contributed by atoms with E-state index in [1.54, 1.807) is 0 Å². The van der Waals surface area contributed by atoms with Gasteiger partial charge in [-0.2, -0.15) is 0 Å². The topological polar surface area (TPSA) is 43.4 Å². The summed E-state index contributed by atoms with van der Waals surface area (Å²) in [5.74, 6) is -5.27. The van der Waals surface area contributed by atoms with Gasteiger partial charge in [0.1, 0.15) is 11.7 Å². The quantitative estimate of drug-likeness (QED) is 0.415. The first-order valence-electron chi connectivity index (χ1n) is 3.56. The third-order valence-electron chi connectivity index (χ3n) is 2.07. The summed E-state index contributed by atoms with van der Waals surface area (Å²) >= 11 is 0. The molecule has 0 saturated carbocycles. The van der Waals surface area contributed by atoms with Crippen LogP contribution in [0.5, 0.6) is 0 Å². The maximum atomic E-state index is 13.6. The number of ether oxygens (including phenoxy) is 1. The molecule has 0 radical (unpaired) electrons. The Morgan fingerprint density at radius 1 is 1.46 bits per heavy atom. The van der Waals surface area contributed by atoms with Crippen molar-refractivity contribution in [3.8, 4) is 0 Å². The Morgan fingerprint density at radius 2 is 2.15 bits per heavy atom. The molecule has 1 aliphatic heterocycles. The van der Waals surface area contributed by atoms with Crippen LogP contribution in [0.15, 0.2) is 24.1 Å². The smallest absolute Gasteiger partial charge is 0.360 e. The van der Waals surface area contributed by atoms with Crippen LogP contribution in [0.3, 0.4) is 0 Å². The first kappa shape index (κ1) is 8.10. The number of hydrogen-bond acceptors (Lipinski definition) is 3. The van der Waals surface area contributed by atoms with Gasteiger partial charge in [0.2, 0.25) is 0 Å². The van der Waals surface area contributed by atoms with E-state index in [9.17, 15) is 18.4 Å². The van der Waals surface area contributed by atoms with E-state index in [0.717, 1.165) is 12.2 Å². The lowest BCUT2D eigenvalue weighted by Gasteiger charge is -2.18. The Hall–Kier alpha value is -1.52. The molecule has 2 rings (SSSR count). The minimum atomic E-state index is -2.92. The largest absolute Gasteiger partial charge is 0.390 e. The molecule has 13 heavy (non-hydrogen) atoms. The maximum Gasteiger partial charge on any atom is 0.360 e. The van der Waals surface area contributed by atoms with Gasteiger partial charge in [0, 0.05) is 0 Å². The molecule has 0 bridgehead atoms. The number of fused-ring (bicyclic) bond motifs is 1. The first-order chi connectivity index (χ1) is 6.06. The van der Waals surface area contributed by atoms with Crippen molar-refractivity contribution in [2.75, 3.05) is 0 Å². The number of carbonyl (C=O) groups excluding carboxylic acids is 2. The average Bonchev–Trinajstić information content (AvgIpc) is 2.29. The molecule has 5 heteroatoms. The van der Waals surface area contributed by atoms with Gasteiger partial charge in [-0.3, -0.25) is 4.79 Å². The van der Waals surface area contributed by atoms with Gasteiger partial charge >= 0.3 is 11.9 Å². The number of esters is 2. The zero-order valence-corrected chi connectivity index (χ0v) is 6.29. The summed E-state index contributed by atoms with van der Waals surface area (Å²) in [7, 11) is 0. The lowest BCUT2D eigenvalue weighted by Crippen LogP contribution is -2.37. The fraction of sp³-hybridized carbons (Fsp3) is 0.250. The van der Waals surface area contributed by atoms with E-state index in [4.69, 9.17) is 0 Å². The predicted molar refractivity (Wildman–Crippen MR) is 36.8 cm³/mol. The van der Waals surface area contributed by atoms with Gasteiger partial charge in [-0.25, -0.2) is 13.6 Å². The number of halogens is 2. The highest BCUT2D eigenvalue weighted by atomic mass is 19.2. The van der Waals surface area contributed by atoms with Crippen molar-refractivity contribution in [3.05, 3.63) is 24.1 Å². The van der Waals surface area contributed by atoms with Gasteiger partial charge in [-0.15, -0.1) is 0 Å². The summed E-state index contributed by atoms with van der Waals surface area (Å²) in [4.78, 5) is 21.7. The standard InChI is InChI=1S/C8H4F2O3/c9-5-3-1-2-4-6(11)13-7(12)8(4,5)10/h1-4H. The minimum absolute atomic E-state index is 0.802. The maximum absolute atomic E-state index is 13.6. The molecule has 68 valence electrons. The summed E-state index contributed by atoms with van der Waals surface area (Å²) < 4.78 is 30.5. The van der Waals surface area contributed by atoms with E-state index in [0.29, 0.717) is 0 Å². The van der Waals surface area contributed by atoms with E-state index in [2.05, 4.69) is 4.74 Å². The molecule has 0 aromatic heterocycles. The Labute approximate surface area is 71.7 Å². The lowest BCUT2D eigenvalue weighted by atomic mass is 9.87. The molecule has 1 saturated heterocycles. The SMILES string of the molecule is O=C1OC(=O)C2(F)C(F)=CC=CC12. The number of allylic oxidation sites excluding steroid dienone is 2. The van der Waals surface area contributed by atoms with E-state index in [1.165, 1.54) is 6.08 Å². The van der Waals surface area contributed by atoms with Crippen LogP contribution in [0, 0.1) is 5.92 Å². The monoisotopic (exact) mass is 186 g/mol. The van der Waals surface area contributed by atoms with Crippen LogP contribution < -0.4 is 0 Å². The van der Waals surface area contributed by atoms with Crippen LogP contribution >= 0.6 is 0 Å². The zero-order chi connectivity index (χ0) is 9.64. The fourth-order valence-electron chi connectivity index (χ4n) is 1.35. The van der Waals surface area contributed by atoms with Gasteiger partial charge in [-0.1, -0.05) is 12.2 Å². The molecule has 0 aromatic carbocycles. The van der Waals surface area contributed by atoms with Crippen molar-refractivity contribution in [1.29, 1.82) is 0 Å². The molecule has 1 fully saturated rings. The van der Waals surface area contributed by atoms with E-state index < -0.39 is 29.4 Å². The minimum Gasteiger partial charge on any atom is -0.390 e. The van der Waals surface area contributed by atoms with Crippen molar-refractivity contribution in [2.45, 2.75) is 5.67 Å². The highest BCUT2D eigenvalue weighted by Crippen LogP contribution is 2.41. The summed E-state index contributed by atoms with van der Waals surface area (Å²) in [5.41, 5.74) is -2.92. The van der Waals surface area contributed by atoms with Crippen LogP contribution in [0.25, 0.3) is 0 Å². The van der Waals surface area contributed by atoms with Gasteiger partial charge in [0.15, 0.2) is 0 Å². The third kappa shape index (κ3) is 0.811. The Kier molecular flexibility index (Phi) is 1.40. The molecule has 0 N–H and O–H groups in total. The lowest BCUT2D eigenvalue weighted by molar-refractivity contribution is -0.155. The summed E-state index contributed by atoms with van der Waals surface area (Å²) in [6.07, 6.45) is 3.09. The van der Waals surface area contributed by atoms with E-state index in [-0.39, 0.29) is 0 Å². The molecule has 2 aliphatic rings. The predicted octanol–water partition coefficient (Wildman–Crippen LogP) is 0.817.